The van der Waals surface area contributed by atoms with E-state index in [9.17, 15) is 13.6 Å². The fourth-order valence-electron chi connectivity index (χ4n) is 4.50. The van der Waals surface area contributed by atoms with E-state index in [0.717, 1.165) is 43.6 Å². The van der Waals surface area contributed by atoms with E-state index in [1.54, 1.807) is 30.8 Å². The predicted octanol–water partition coefficient (Wildman–Crippen LogP) is 4.79. The summed E-state index contributed by atoms with van der Waals surface area (Å²) < 4.78 is 28.9. The molecule has 1 saturated heterocycles. The first-order valence-electron chi connectivity index (χ1n) is 11.9. The van der Waals surface area contributed by atoms with Gasteiger partial charge in [-0.1, -0.05) is 17.3 Å². The molecule has 0 bridgehead atoms. The lowest BCUT2D eigenvalue weighted by Gasteiger charge is -2.36. The molecule has 6 nitrogen and oxygen atoms in total. The van der Waals surface area contributed by atoms with Gasteiger partial charge in [-0.15, -0.1) is 0 Å². The number of aryl methyl sites for hydroxylation is 1. The lowest BCUT2D eigenvalue weighted by Crippen LogP contribution is -2.35. The van der Waals surface area contributed by atoms with Gasteiger partial charge in [0.1, 0.15) is 12.3 Å². The van der Waals surface area contributed by atoms with Crippen LogP contribution in [0, 0.1) is 11.6 Å². The lowest BCUT2D eigenvalue weighted by atomic mass is 9.89. The SMILES string of the molecule is CCO/N=C(\c1ccc(F)c(F)c1)c1ccc(C(C)N2CCC(c3ccc(=O)n(C)c3)CC2)cn1. The van der Waals surface area contributed by atoms with Crippen LogP contribution in [0.25, 0.3) is 0 Å². The quantitative estimate of drug-likeness (QED) is 0.361. The Balaban J connectivity index is 1.46. The molecule has 1 fully saturated rings. The molecule has 35 heavy (non-hydrogen) atoms. The monoisotopic (exact) mass is 480 g/mol. The zero-order chi connectivity index (χ0) is 24.9. The molecule has 1 atom stereocenters. The number of piperidine rings is 1. The molecule has 0 saturated carbocycles. The van der Waals surface area contributed by atoms with Gasteiger partial charge in [-0.2, -0.15) is 0 Å². The molecule has 0 radical (unpaired) electrons. The second kappa shape index (κ2) is 10.9. The molecular formula is C27H30F2N4O2. The van der Waals surface area contributed by atoms with Crippen molar-refractivity contribution in [2.24, 2.45) is 12.2 Å². The number of nitrogens with zero attached hydrogens (tertiary/aromatic N) is 4. The van der Waals surface area contributed by atoms with Gasteiger partial charge in [-0.05, 0) is 81.1 Å². The van der Waals surface area contributed by atoms with E-state index in [4.69, 9.17) is 4.84 Å². The molecule has 0 N–H and O–H groups in total. The topological polar surface area (TPSA) is 59.7 Å². The minimum atomic E-state index is -0.946. The average molecular weight is 481 g/mol. The Morgan fingerprint density at radius 2 is 1.91 bits per heavy atom. The summed E-state index contributed by atoms with van der Waals surface area (Å²) in [5, 5.41) is 4.10. The standard InChI is InChI=1S/C27H30F2N4O2/c1-4-35-31-27(20-5-8-23(28)24(29)15-20)25-9-6-21(16-30-25)18(2)33-13-11-19(12-14-33)22-7-10-26(34)32(3)17-22/h5-10,15-19H,4,11-14H2,1-3H3/b31-27+. The van der Waals surface area contributed by atoms with Gasteiger partial charge in [0, 0.05) is 37.1 Å². The van der Waals surface area contributed by atoms with Gasteiger partial charge in [0.05, 0.1) is 5.69 Å². The molecule has 3 heterocycles. The molecule has 1 aliphatic heterocycles. The summed E-state index contributed by atoms with van der Waals surface area (Å²) in [6.07, 6.45) is 5.80. The minimum Gasteiger partial charge on any atom is -0.396 e. The van der Waals surface area contributed by atoms with Crippen LogP contribution in [-0.2, 0) is 11.9 Å². The van der Waals surface area contributed by atoms with Crippen LogP contribution in [0.2, 0.25) is 0 Å². The molecule has 184 valence electrons. The van der Waals surface area contributed by atoms with Gasteiger partial charge in [0.15, 0.2) is 11.6 Å². The van der Waals surface area contributed by atoms with Crippen LogP contribution < -0.4 is 5.56 Å². The maximum atomic E-state index is 13.8. The molecule has 0 spiro atoms. The molecule has 4 rings (SSSR count). The maximum Gasteiger partial charge on any atom is 0.250 e. The Morgan fingerprint density at radius 3 is 2.54 bits per heavy atom. The van der Waals surface area contributed by atoms with Crippen LogP contribution in [0.15, 0.2) is 64.8 Å². The fourth-order valence-corrected chi connectivity index (χ4v) is 4.50. The van der Waals surface area contributed by atoms with Gasteiger partial charge in [0.2, 0.25) is 5.56 Å². The maximum absolute atomic E-state index is 13.8. The molecule has 1 aromatic carbocycles. The van der Waals surface area contributed by atoms with E-state index in [0.29, 0.717) is 29.5 Å². The molecule has 1 aliphatic rings. The van der Waals surface area contributed by atoms with Crippen LogP contribution in [0.3, 0.4) is 0 Å². The first kappa shape index (κ1) is 24.7. The Hall–Kier alpha value is -3.39. The summed E-state index contributed by atoms with van der Waals surface area (Å²) in [5.74, 6) is -1.42. The van der Waals surface area contributed by atoms with Gasteiger partial charge in [0.25, 0.3) is 0 Å². The zero-order valence-electron chi connectivity index (χ0n) is 20.2. The summed E-state index contributed by atoms with van der Waals surface area (Å²) in [4.78, 5) is 23.9. The third-order valence-electron chi connectivity index (χ3n) is 6.65. The number of halogens is 2. The van der Waals surface area contributed by atoms with Crippen molar-refractivity contribution in [1.29, 1.82) is 0 Å². The zero-order valence-corrected chi connectivity index (χ0v) is 20.2. The highest BCUT2D eigenvalue weighted by molar-refractivity contribution is 6.11. The number of pyridine rings is 2. The van der Waals surface area contributed by atoms with Crippen molar-refractivity contribution in [3.05, 3.63) is 99.2 Å². The second-order valence-electron chi connectivity index (χ2n) is 8.86. The van der Waals surface area contributed by atoms with Crippen LogP contribution in [-0.4, -0.2) is 39.9 Å². The van der Waals surface area contributed by atoms with Crippen molar-refractivity contribution in [3.63, 3.8) is 0 Å². The normalized spacial score (nSPS) is 16.3. The van der Waals surface area contributed by atoms with Gasteiger partial charge in [-0.25, -0.2) is 8.78 Å². The van der Waals surface area contributed by atoms with E-state index in [-0.39, 0.29) is 11.6 Å². The summed E-state index contributed by atoms with van der Waals surface area (Å²) in [7, 11) is 1.79. The number of hydrogen-bond acceptors (Lipinski definition) is 5. The van der Waals surface area contributed by atoms with Gasteiger partial charge in [-0.3, -0.25) is 14.7 Å². The number of hydrogen-bond donors (Lipinski definition) is 0. The van der Waals surface area contributed by atoms with Gasteiger partial charge >= 0.3 is 0 Å². The van der Waals surface area contributed by atoms with E-state index < -0.39 is 11.6 Å². The lowest BCUT2D eigenvalue weighted by molar-refractivity contribution is 0.159. The minimum absolute atomic E-state index is 0.00905. The summed E-state index contributed by atoms with van der Waals surface area (Å²) in [6.45, 7) is 6.20. The van der Waals surface area contributed by atoms with Crippen LogP contribution in [0.4, 0.5) is 8.78 Å². The van der Waals surface area contributed by atoms with Crippen molar-refractivity contribution in [2.75, 3.05) is 19.7 Å². The number of aromatic nitrogens is 2. The number of likely N-dealkylation sites (tertiary alicyclic amines) is 1. The van der Waals surface area contributed by atoms with Crippen molar-refractivity contribution in [3.8, 4) is 0 Å². The van der Waals surface area contributed by atoms with Crippen molar-refractivity contribution in [2.45, 2.75) is 38.6 Å². The molecule has 8 heteroatoms. The van der Waals surface area contributed by atoms with E-state index in [2.05, 4.69) is 22.0 Å². The molecule has 0 aliphatic carbocycles. The Morgan fingerprint density at radius 1 is 1.14 bits per heavy atom. The van der Waals surface area contributed by atoms with E-state index in [1.807, 2.05) is 24.4 Å². The third kappa shape index (κ3) is 5.65. The molecular weight excluding hydrogens is 450 g/mol. The molecule has 2 aromatic heterocycles. The van der Waals surface area contributed by atoms with Crippen LogP contribution >= 0.6 is 0 Å². The van der Waals surface area contributed by atoms with Crippen molar-refractivity contribution < 1.29 is 13.6 Å². The van der Waals surface area contributed by atoms with Crippen molar-refractivity contribution in [1.82, 2.24) is 14.5 Å². The largest absolute Gasteiger partial charge is 0.396 e. The predicted molar refractivity (Wildman–Crippen MR) is 132 cm³/mol. The number of benzene rings is 1. The second-order valence-corrected chi connectivity index (χ2v) is 8.86. The number of oxime groups is 1. The summed E-state index contributed by atoms with van der Waals surface area (Å²) in [6, 6.07) is 11.2. The highest BCUT2D eigenvalue weighted by Gasteiger charge is 2.25. The van der Waals surface area contributed by atoms with E-state index in [1.165, 1.54) is 11.6 Å². The Bertz CT molecular complexity index is 1250. The van der Waals surface area contributed by atoms with E-state index >= 15 is 0 Å². The highest BCUT2D eigenvalue weighted by Crippen LogP contribution is 2.31. The van der Waals surface area contributed by atoms with Crippen molar-refractivity contribution >= 4 is 5.71 Å². The first-order valence-corrected chi connectivity index (χ1v) is 11.9. The average Bonchev–Trinajstić information content (AvgIpc) is 2.88. The first-order chi connectivity index (χ1) is 16.9. The molecule has 1 unspecified atom stereocenters. The molecule has 0 amide bonds. The smallest absolute Gasteiger partial charge is 0.250 e. The summed E-state index contributed by atoms with van der Waals surface area (Å²) in [5.41, 5.74) is 3.55. The summed E-state index contributed by atoms with van der Waals surface area (Å²) >= 11 is 0. The van der Waals surface area contributed by atoms with Crippen LogP contribution in [0.5, 0.6) is 0 Å². The third-order valence-corrected chi connectivity index (χ3v) is 6.65. The molecule has 3 aromatic rings. The Kier molecular flexibility index (Phi) is 7.70. The van der Waals surface area contributed by atoms with Crippen LogP contribution in [0.1, 0.15) is 61.0 Å². The number of rotatable bonds is 7. The highest BCUT2D eigenvalue weighted by atomic mass is 19.2. The Labute approximate surface area is 203 Å². The van der Waals surface area contributed by atoms with Gasteiger partial charge < -0.3 is 9.40 Å². The fraction of sp³-hybridized carbons (Fsp3) is 0.370.